The fourth-order valence-corrected chi connectivity index (χ4v) is 2.47. The molecule has 3 N–H and O–H groups in total. The zero-order chi connectivity index (χ0) is 15.2. The standard InChI is InChI=1S/C15H19FN2O3/c16-13-5-2-1-4-12(13)10-8-11(9-10)18-15(21)17-7-3-6-14(19)20/h1-2,4-5,10-11H,3,6-9H2,(H,19,20)(H2,17,18,21). The van der Waals surface area contributed by atoms with E-state index in [4.69, 9.17) is 5.11 Å². The third-order valence-corrected chi connectivity index (χ3v) is 3.67. The largest absolute Gasteiger partial charge is 0.481 e. The minimum absolute atomic E-state index is 0.0407. The molecule has 0 aliphatic heterocycles. The van der Waals surface area contributed by atoms with E-state index in [0.717, 1.165) is 12.8 Å². The van der Waals surface area contributed by atoms with Gasteiger partial charge in [0.15, 0.2) is 0 Å². The molecule has 0 spiro atoms. The quantitative estimate of drug-likeness (QED) is 0.704. The highest BCUT2D eigenvalue weighted by atomic mass is 19.1. The summed E-state index contributed by atoms with van der Waals surface area (Å²) in [6.07, 6.45) is 1.90. The maximum absolute atomic E-state index is 13.6. The summed E-state index contributed by atoms with van der Waals surface area (Å²) in [7, 11) is 0. The van der Waals surface area contributed by atoms with Crippen molar-refractivity contribution in [3.05, 3.63) is 35.6 Å². The number of aliphatic carboxylic acids is 1. The molecule has 1 fully saturated rings. The van der Waals surface area contributed by atoms with Crippen molar-refractivity contribution in [2.45, 2.75) is 37.6 Å². The van der Waals surface area contributed by atoms with E-state index in [1.165, 1.54) is 6.07 Å². The van der Waals surface area contributed by atoms with Crippen molar-refractivity contribution in [2.24, 2.45) is 0 Å². The number of carboxylic acid groups (broad SMARTS) is 1. The number of urea groups is 1. The van der Waals surface area contributed by atoms with Gasteiger partial charge in [0, 0.05) is 19.0 Å². The van der Waals surface area contributed by atoms with E-state index in [1.54, 1.807) is 12.1 Å². The van der Waals surface area contributed by atoms with E-state index in [2.05, 4.69) is 10.6 Å². The second-order valence-corrected chi connectivity index (χ2v) is 5.28. The number of hydrogen-bond donors (Lipinski definition) is 3. The van der Waals surface area contributed by atoms with Gasteiger partial charge in [0.2, 0.25) is 0 Å². The monoisotopic (exact) mass is 294 g/mol. The average Bonchev–Trinajstić information content (AvgIpc) is 2.39. The number of carboxylic acids is 1. The highest BCUT2D eigenvalue weighted by Gasteiger charge is 2.32. The highest BCUT2D eigenvalue weighted by molar-refractivity contribution is 5.74. The number of benzene rings is 1. The molecule has 114 valence electrons. The number of amides is 2. The van der Waals surface area contributed by atoms with Gasteiger partial charge in [0.05, 0.1) is 0 Å². The van der Waals surface area contributed by atoms with E-state index >= 15 is 0 Å². The predicted octanol–water partition coefficient (Wildman–Crippen LogP) is 2.24. The zero-order valence-corrected chi connectivity index (χ0v) is 11.6. The fourth-order valence-electron chi connectivity index (χ4n) is 2.47. The van der Waals surface area contributed by atoms with Crippen molar-refractivity contribution in [1.29, 1.82) is 0 Å². The van der Waals surface area contributed by atoms with Crippen LogP contribution in [0.1, 0.15) is 37.2 Å². The van der Waals surface area contributed by atoms with Crippen LogP contribution in [-0.4, -0.2) is 29.7 Å². The summed E-state index contributed by atoms with van der Waals surface area (Å²) in [6, 6.07) is 6.46. The number of nitrogens with one attached hydrogen (secondary N) is 2. The minimum Gasteiger partial charge on any atom is -0.481 e. The molecule has 0 bridgehead atoms. The number of halogens is 1. The van der Waals surface area contributed by atoms with Crippen molar-refractivity contribution in [3.8, 4) is 0 Å². The van der Waals surface area contributed by atoms with Gasteiger partial charge < -0.3 is 15.7 Å². The molecule has 5 nitrogen and oxygen atoms in total. The van der Waals surface area contributed by atoms with Gasteiger partial charge in [-0.25, -0.2) is 9.18 Å². The Morgan fingerprint density at radius 3 is 2.67 bits per heavy atom. The van der Waals surface area contributed by atoms with Crippen LogP contribution in [0, 0.1) is 5.82 Å². The fraction of sp³-hybridized carbons (Fsp3) is 0.467. The Morgan fingerprint density at radius 2 is 2.00 bits per heavy atom. The van der Waals surface area contributed by atoms with E-state index < -0.39 is 5.97 Å². The van der Waals surface area contributed by atoms with Gasteiger partial charge in [-0.3, -0.25) is 4.79 Å². The highest BCUT2D eigenvalue weighted by Crippen LogP contribution is 2.37. The summed E-state index contributed by atoms with van der Waals surface area (Å²) in [4.78, 5) is 21.9. The van der Waals surface area contributed by atoms with Crippen molar-refractivity contribution < 1.29 is 19.1 Å². The summed E-state index contributed by atoms with van der Waals surface area (Å²) < 4.78 is 13.6. The second-order valence-electron chi connectivity index (χ2n) is 5.28. The van der Waals surface area contributed by atoms with Crippen LogP contribution in [-0.2, 0) is 4.79 Å². The molecule has 1 saturated carbocycles. The normalized spacial score (nSPS) is 20.4. The van der Waals surface area contributed by atoms with Crippen LogP contribution in [0.2, 0.25) is 0 Å². The predicted molar refractivity (Wildman–Crippen MR) is 75.6 cm³/mol. The Morgan fingerprint density at radius 1 is 1.29 bits per heavy atom. The number of rotatable bonds is 6. The first-order valence-electron chi connectivity index (χ1n) is 7.07. The molecule has 0 heterocycles. The first-order valence-corrected chi connectivity index (χ1v) is 7.07. The Hall–Kier alpha value is -2.11. The van der Waals surface area contributed by atoms with Crippen LogP contribution in [0.4, 0.5) is 9.18 Å². The van der Waals surface area contributed by atoms with Gasteiger partial charge in [0.1, 0.15) is 5.82 Å². The molecule has 0 saturated heterocycles. The number of hydrogen-bond acceptors (Lipinski definition) is 2. The second kappa shape index (κ2) is 7.06. The first kappa shape index (κ1) is 15.3. The Bertz CT molecular complexity index is 515. The molecule has 2 rings (SSSR count). The summed E-state index contributed by atoms with van der Waals surface area (Å²) in [6.45, 7) is 0.335. The maximum Gasteiger partial charge on any atom is 0.315 e. The van der Waals surface area contributed by atoms with Crippen LogP contribution in [0.15, 0.2) is 24.3 Å². The van der Waals surface area contributed by atoms with Crippen molar-refractivity contribution in [2.75, 3.05) is 6.54 Å². The molecule has 1 aromatic carbocycles. The van der Waals surface area contributed by atoms with Crippen LogP contribution >= 0.6 is 0 Å². The van der Waals surface area contributed by atoms with Gasteiger partial charge >= 0.3 is 12.0 Å². The van der Waals surface area contributed by atoms with Crippen LogP contribution in [0.5, 0.6) is 0 Å². The molecule has 1 aliphatic rings. The number of carbonyl (C=O) groups is 2. The molecule has 0 unspecified atom stereocenters. The summed E-state index contributed by atoms with van der Waals surface area (Å²) in [5.74, 6) is -0.911. The van der Waals surface area contributed by atoms with Crippen LogP contribution < -0.4 is 10.6 Å². The lowest BCUT2D eigenvalue weighted by Gasteiger charge is -2.36. The summed E-state index contributed by atoms with van der Waals surface area (Å²) in [5.41, 5.74) is 0.706. The Balaban J connectivity index is 1.65. The molecule has 6 heteroatoms. The van der Waals surface area contributed by atoms with Gasteiger partial charge in [-0.2, -0.15) is 0 Å². The Kier molecular flexibility index (Phi) is 5.14. The van der Waals surface area contributed by atoms with Crippen LogP contribution in [0.3, 0.4) is 0 Å². The molecule has 1 aromatic rings. The summed E-state index contributed by atoms with van der Waals surface area (Å²) in [5, 5.41) is 13.9. The molecule has 0 atom stereocenters. The molecule has 0 radical (unpaired) electrons. The van der Waals surface area contributed by atoms with E-state index in [1.807, 2.05) is 6.07 Å². The molecule has 1 aliphatic carbocycles. The maximum atomic E-state index is 13.6. The topological polar surface area (TPSA) is 78.4 Å². The van der Waals surface area contributed by atoms with E-state index in [9.17, 15) is 14.0 Å². The lowest BCUT2D eigenvalue weighted by atomic mass is 9.76. The third-order valence-electron chi connectivity index (χ3n) is 3.67. The third kappa shape index (κ3) is 4.44. The summed E-state index contributed by atoms with van der Waals surface area (Å²) >= 11 is 0. The Labute approximate surface area is 122 Å². The van der Waals surface area contributed by atoms with Gasteiger partial charge in [-0.15, -0.1) is 0 Å². The molecular formula is C15H19FN2O3. The molecule has 2 amide bonds. The number of carbonyl (C=O) groups excluding carboxylic acids is 1. The van der Waals surface area contributed by atoms with Crippen molar-refractivity contribution in [1.82, 2.24) is 10.6 Å². The molecular weight excluding hydrogens is 275 g/mol. The lowest BCUT2D eigenvalue weighted by Crippen LogP contribution is -2.48. The lowest BCUT2D eigenvalue weighted by molar-refractivity contribution is -0.137. The average molecular weight is 294 g/mol. The van der Waals surface area contributed by atoms with Gasteiger partial charge in [-0.1, -0.05) is 18.2 Å². The van der Waals surface area contributed by atoms with Gasteiger partial charge in [0.25, 0.3) is 0 Å². The van der Waals surface area contributed by atoms with Crippen molar-refractivity contribution >= 4 is 12.0 Å². The van der Waals surface area contributed by atoms with Gasteiger partial charge in [-0.05, 0) is 36.8 Å². The van der Waals surface area contributed by atoms with E-state index in [-0.39, 0.29) is 30.2 Å². The molecule has 0 aromatic heterocycles. The first-order chi connectivity index (χ1) is 10.1. The zero-order valence-electron chi connectivity index (χ0n) is 11.6. The smallest absolute Gasteiger partial charge is 0.315 e. The minimum atomic E-state index is -0.871. The van der Waals surface area contributed by atoms with Crippen LogP contribution in [0.25, 0.3) is 0 Å². The SMILES string of the molecule is O=C(O)CCCNC(=O)NC1CC(c2ccccc2F)C1. The van der Waals surface area contributed by atoms with E-state index in [0.29, 0.717) is 18.5 Å². The molecule has 21 heavy (non-hydrogen) atoms. The van der Waals surface area contributed by atoms with Crippen molar-refractivity contribution in [3.63, 3.8) is 0 Å².